The second kappa shape index (κ2) is 6.31. The van der Waals surface area contributed by atoms with Crippen molar-refractivity contribution in [2.24, 2.45) is 0 Å². The number of hydrogen-bond acceptors (Lipinski definition) is 1. The molecule has 1 N–H and O–H groups in total. The molecule has 3 rings (SSSR count). The molecule has 0 atom stereocenters. The first-order valence-corrected chi connectivity index (χ1v) is 7.31. The third-order valence-corrected chi connectivity index (χ3v) is 3.65. The Bertz CT molecular complexity index is 803. The van der Waals surface area contributed by atoms with Crippen LogP contribution in [-0.4, -0.2) is 10.5 Å². The predicted octanol–water partition coefficient (Wildman–Crippen LogP) is 3.76. The van der Waals surface area contributed by atoms with Crippen molar-refractivity contribution in [1.29, 1.82) is 0 Å². The first kappa shape index (κ1) is 14.1. The van der Waals surface area contributed by atoms with E-state index in [-0.39, 0.29) is 5.91 Å². The van der Waals surface area contributed by atoms with Crippen molar-refractivity contribution in [1.82, 2.24) is 9.88 Å². The first-order chi connectivity index (χ1) is 10.8. The second-order valence-corrected chi connectivity index (χ2v) is 5.16. The van der Waals surface area contributed by atoms with Gasteiger partial charge in [0, 0.05) is 24.0 Å². The highest BCUT2D eigenvalue weighted by atomic mass is 16.1. The van der Waals surface area contributed by atoms with E-state index in [2.05, 4.69) is 11.9 Å². The van der Waals surface area contributed by atoms with E-state index in [9.17, 15) is 4.79 Å². The lowest BCUT2D eigenvalue weighted by Gasteiger charge is -2.09. The Morgan fingerprint density at radius 2 is 1.82 bits per heavy atom. The van der Waals surface area contributed by atoms with Crippen LogP contribution in [0.15, 0.2) is 73.3 Å². The van der Waals surface area contributed by atoms with Gasteiger partial charge < -0.3 is 9.88 Å². The Morgan fingerprint density at radius 1 is 1.09 bits per heavy atom. The SMILES string of the molecule is C=CCn1c(C(=O)NCc2ccccc2)cc2ccccc21. The summed E-state index contributed by atoms with van der Waals surface area (Å²) >= 11 is 0. The highest BCUT2D eigenvalue weighted by Crippen LogP contribution is 2.20. The number of rotatable bonds is 5. The zero-order chi connectivity index (χ0) is 15.4. The first-order valence-electron chi connectivity index (χ1n) is 7.31. The van der Waals surface area contributed by atoms with Crippen molar-refractivity contribution in [3.05, 3.63) is 84.6 Å². The van der Waals surface area contributed by atoms with Crippen LogP contribution in [0.2, 0.25) is 0 Å². The number of allylic oxidation sites excluding steroid dienone is 1. The van der Waals surface area contributed by atoms with E-state index in [0.29, 0.717) is 18.8 Å². The smallest absolute Gasteiger partial charge is 0.268 e. The molecule has 0 saturated heterocycles. The van der Waals surface area contributed by atoms with Gasteiger partial charge in [0.15, 0.2) is 0 Å². The molecule has 0 aliphatic rings. The van der Waals surface area contributed by atoms with Crippen molar-refractivity contribution in [2.45, 2.75) is 13.1 Å². The van der Waals surface area contributed by atoms with E-state index >= 15 is 0 Å². The summed E-state index contributed by atoms with van der Waals surface area (Å²) in [5.41, 5.74) is 2.80. The molecule has 0 saturated carbocycles. The van der Waals surface area contributed by atoms with Crippen LogP contribution < -0.4 is 5.32 Å². The van der Waals surface area contributed by atoms with Crippen LogP contribution in [-0.2, 0) is 13.1 Å². The number of carbonyl (C=O) groups is 1. The minimum atomic E-state index is -0.0677. The number of para-hydroxylation sites is 1. The minimum Gasteiger partial charge on any atom is -0.347 e. The molecule has 0 unspecified atom stereocenters. The summed E-state index contributed by atoms with van der Waals surface area (Å²) in [7, 11) is 0. The summed E-state index contributed by atoms with van der Waals surface area (Å²) < 4.78 is 1.99. The quantitative estimate of drug-likeness (QED) is 0.713. The average Bonchev–Trinajstić information content (AvgIpc) is 2.93. The molecule has 3 nitrogen and oxygen atoms in total. The molecular formula is C19H18N2O. The lowest BCUT2D eigenvalue weighted by molar-refractivity contribution is 0.0942. The van der Waals surface area contributed by atoms with Crippen molar-refractivity contribution in [2.75, 3.05) is 0 Å². The molecule has 0 aliphatic heterocycles. The second-order valence-electron chi connectivity index (χ2n) is 5.16. The van der Waals surface area contributed by atoms with Gasteiger partial charge in [0.25, 0.3) is 5.91 Å². The van der Waals surface area contributed by atoms with E-state index in [1.165, 1.54) is 0 Å². The van der Waals surface area contributed by atoms with Crippen LogP contribution >= 0.6 is 0 Å². The maximum Gasteiger partial charge on any atom is 0.268 e. The number of amides is 1. The van der Waals surface area contributed by atoms with Gasteiger partial charge in [0.2, 0.25) is 0 Å². The van der Waals surface area contributed by atoms with Gasteiger partial charge in [-0.2, -0.15) is 0 Å². The van der Waals surface area contributed by atoms with Gasteiger partial charge >= 0.3 is 0 Å². The fourth-order valence-corrected chi connectivity index (χ4v) is 2.59. The van der Waals surface area contributed by atoms with Gasteiger partial charge in [0.1, 0.15) is 5.69 Å². The fraction of sp³-hybridized carbons (Fsp3) is 0.105. The lowest BCUT2D eigenvalue weighted by atomic mass is 10.2. The molecule has 1 heterocycles. The molecule has 3 aromatic rings. The van der Waals surface area contributed by atoms with E-state index < -0.39 is 0 Å². The van der Waals surface area contributed by atoms with E-state index in [0.717, 1.165) is 16.5 Å². The Labute approximate surface area is 129 Å². The maximum absolute atomic E-state index is 12.5. The number of benzene rings is 2. The third-order valence-electron chi connectivity index (χ3n) is 3.65. The molecule has 0 fully saturated rings. The third kappa shape index (κ3) is 2.79. The molecule has 2 aromatic carbocycles. The van der Waals surface area contributed by atoms with Gasteiger partial charge in [-0.1, -0.05) is 54.6 Å². The summed E-state index contributed by atoms with van der Waals surface area (Å²) in [5, 5.41) is 4.05. The number of hydrogen-bond donors (Lipinski definition) is 1. The van der Waals surface area contributed by atoms with Crippen molar-refractivity contribution < 1.29 is 4.79 Å². The average molecular weight is 290 g/mol. The number of nitrogens with one attached hydrogen (secondary N) is 1. The van der Waals surface area contributed by atoms with E-state index in [4.69, 9.17) is 0 Å². The van der Waals surface area contributed by atoms with Crippen LogP contribution in [0.3, 0.4) is 0 Å². The van der Waals surface area contributed by atoms with Crippen LogP contribution in [0, 0.1) is 0 Å². The van der Waals surface area contributed by atoms with Crippen molar-refractivity contribution in [3.63, 3.8) is 0 Å². The number of fused-ring (bicyclic) bond motifs is 1. The van der Waals surface area contributed by atoms with Crippen LogP contribution in [0.25, 0.3) is 10.9 Å². The van der Waals surface area contributed by atoms with Gasteiger partial charge in [0.05, 0.1) is 0 Å². The minimum absolute atomic E-state index is 0.0677. The molecule has 0 aliphatic carbocycles. The molecule has 22 heavy (non-hydrogen) atoms. The molecule has 1 amide bonds. The van der Waals surface area contributed by atoms with Crippen LogP contribution in [0.4, 0.5) is 0 Å². The molecular weight excluding hydrogens is 272 g/mol. The number of carbonyl (C=O) groups excluding carboxylic acids is 1. The van der Waals surface area contributed by atoms with Crippen LogP contribution in [0.5, 0.6) is 0 Å². The highest BCUT2D eigenvalue weighted by molar-refractivity contribution is 5.98. The molecule has 110 valence electrons. The summed E-state index contributed by atoms with van der Waals surface area (Å²) in [4.78, 5) is 12.5. The standard InChI is InChI=1S/C19H18N2O/c1-2-12-21-17-11-7-6-10-16(17)13-18(21)19(22)20-14-15-8-4-3-5-9-15/h2-11,13H,1,12,14H2,(H,20,22). The Balaban J connectivity index is 1.86. The van der Waals surface area contributed by atoms with Crippen molar-refractivity contribution >= 4 is 16.8 Å². The van der Waals surface area contributed by atoms with Gasteiger partial charge in [-0.05, 0) is 17.7 Å². The fourth-order valence-electron chi connectivity index (χ4n) is 2.59. The zero-order valence-electron chi connectivity index (χ0n) is 12.3. The summed E-state index contributed by atoms with van der Waals surface area (Å²) in [6.07, 6.45) is 1.81. The molecule has 3 heteroatoms. The van der Waals surface area contributed by atoms with E-state index in [1.807, 2.05) is 65.2 Å². The zero-order valence-corrected chi connectivity index (χ0v) is 12.3. The lowest BCUT2D eigenvalue weighted by Crippen LogP contribution is -2.25. The highest BCUT2D eigenvalue weighted by Gasteiger charge is 2.14. The normalized spacial score (nSPS) is 10.5. The largest absolute Gasteiger partial charge is 0.347 e. The number of nitrogens with zero attached hydrogens (tertiary/aromatic N) is 1. The van der Waals surface area contributed by atoms with Gasteiger partial charge in [-0.25, -0.2) is 0 Å². The monoisotopic (exact) mass is 290 g/mol. The predicted molar refractivity (Wildman–Crippen MR) is 89.7 cm³/mol. The summed E-state index contributed by atoms with van der Waals surface area (Å²) in [5.74, 6) is -0.0677. The van der Waals surface area contributed by atoms with Crippen LogP contribution in [0.1, 0.15) is 16.1 Å². The van der Waals surface area contributed by atoms with Gasteiger partial charge in [-0.15, -0.1) is 6.58 Å². The number of aromatic nitrogens is 1. The van der Waals surface area contributed by atoms with E-state index in [1.54, 1.807) is 6.08 Å². The topological polar surface area (TPSA) is 34.0 Å². The molecule has 0 radical (unpaired) electrons. The Morgan fingerprint density at radius 3 is 2.59 bits per heavy atom. The van der Waals surface area contributed by atoms with Gasteiger partial charge in [-0.3, -0.25) is 4.79 Å². The summed E-state index contributed by atoms with van der Waals surface area (Å²) in [6, 6.07) is 19.8. The molecule has 1 aromatic heterocycles. The maximum atomic E-state index is 12.5. The molecule has 0 spiro atoms. The Hall–Kier alpha value is -2.81. The summed E-state index contributed by atoms with van der Waals surface area (Å²) in [6.45, 7) is 4.92. The van der Waals surface area contributed by atoms with Crippen molar-refractivity contribution in [3.8, 4) is 0 Å². The Kier molecular flexibility index (Phi) is 4.05. The molecule has 0 bridgehead atoms.